The van der Waals surface area contributed by atoms with Gasteiger partial charge in [-0.3, -0.25) is 4.79 Å². The Morgan fingerprint density at radius 2 is 1.86 bits per heavy atom. The van der Waals surface area contributed by atoms with Crippen LogP contribution in [0.4, 0.5) is 9.18 Å². The number of halogens is 1. The Kier molecular flexibility index (Phi) is 8.04. The highest BCUT2D eigenvalue weighted by Gasteiger charge is 2.12. The van der Waals surface area contributed by atoms with E-state index < -0.39 is 17.7 Å². The van der Waals surface area contributed by atoms with Crippen molar-refractivity contribution >= 4 is 12.1 Å². The molecule has 0 aliphatic carbocycles. The van der Waals surface area contributed by atoms with E-state index in [1.165, 1.54) is 6.07 Å². The average molecular weight is 299 g/mol. The van der Waals surface area contributed by atoms with Crippen molar-refractivity contribution in [2.45, 2.75) is 45.6 Å². The van der Waals surface area contributed by atoms with Crippen molar-refractivity contribution in [3.63, 3.8) is 0 Å². The maximum Gasteiger partial charge on any atom is 0.405 e. The van der Waals surface area contributed by atoms with E-state index in [-0.39, 0.29) is 12.2 Å². The number of carboxylic acid groups (broad SMARTS) is 1. The number of nitrogens with two attached hydrogens (primary N) is 1. The number of primary amides is 1. The molecule has 1 aromatic carbocycles. The smallest absolute Gasteiger partial charge is 0.405 e. The first kappa shape index (κ1) is 18.9. The second kappa shape index (κ2) is 8.94. The molecule has 5 nitrogen and oxygen atoms in total. The molecule has 3 N–H and O–H groups in total. The molecule has 1 amide bonds. The van der Waals surface area contributed by atoms with E-state index in [4.69, 9.17) is 10.8 Å². The Morgan fingerprint density at radius 3 is 2.24 bits per heavy atom. The monoisotopic (exact) mass is 299 g/mol. The molecule has 0 unspecified atom stereocenters. The van der Waals surface area contributed by atoms with Gasteiger partial charge in [0, 0.05) is 6.42 Å². The molecule has 118 valence electrons. The van der Waals surface area contributed by atoms with Crippen LogP contribution in [0.3, 0.4) is 0 Å². The molecule has 0 spiro atoms. The second-order valence-electron chi connectivity index (χ2n) is 5.37. The van der Waals surface area contributed by atoms with Gasteiger partial charge in [-0.25, -0.2) is 9.18 Å². The number of amides is 1. The zero-order chi connectivity index (χ0) is 16.5. The third-order valence-corrected chi connectivity index (χ3v) is 2.20. The molecule has 0 heterocycles. The number of carboxylic acids is 1. The Balaban J connectivity index is 0.000000433. The first-order chi connectivity index (χ1) is 9.61. The average Bonchev–Trinajstić information content (AvgIpc) is 2.28. The Bertz CT molecular complexity index is 469. The van der Waals surface area contributed by atoms with Crippen LogP contribution in [-0.4, -0.2) is 22.8 Å². The molecule has 1 aromatic rings. The summed E-state index contributed by atoms with van der Waals surface area (Å²) in [5.41, 5.74) is 4.85. The topological polar surface area (TPSA) is 89.6 Å². The summed E-state index contributed by atoms with van der Waals surface area (Å²) in [5.74, 6) is -1.09. The van der Waals surface area contributed by atoms with E-state index >= 15 is 0 Å². The zero-order valence-electron chi connectivity index (χ0n) is 12.6. The molecule has 0 atom stereocenters. The van der Waals surface area contributed by atoms with Crippen LogP contribution in [-0.2, 0) is 16.0 Å². The molecule has 0 radical (unpaired) electrons. The first-order valence-corrected chi connectivity index (χ1v) is 6.55. The molecule has 0 aliphatic heterocycles. The highest BCUT2D eigenvalue weighted by atomic mass is 19.1. The summed E-state index contributed by atoms with van der Waals surface area (Å²) < 4.78 is 17.5. The number of carbonyl (C=O) groups excluding carboxylic acids is 1. The van der Waals surface area contributed by atoms with Gasteiger partial charge >= 0.3 is 12.1 Å². The van der Waals surface area contributed by atoms with Crippen molar-refractivity contribution in [2.24, 2.45) is 5.73 Å². The SMILES string of the molecule is CC(C)(C)OC(N)=O.O=C(O)CCCc1ccccc1F. The lowest BCUT2D eigenvalue weighted by molar-refractivity contribution is -0.137. The third-order valence-electron chi connectivity index (χ3n) is 2.20. The summed E-state index contributed by atoms with van der Waals surface area (Å²) in [4.78, 5) is 20.2. The minimum Gasteiger partial charge on any atom is -0.481 e. The molecular formula is C15H22FNO4. The number of aliphatic carboxylic acids is 1. The Hall–Kier alpha value is -2.11. The van der Waals surface area contributed by atoms with Crippen LogP contribution in [0.15, 0.2) is 24.3 Å². The predicted molar refractivity (Wildman–Crippen MR) is 77.4 cm³/mol. The van der Waals surface area contributed by atoms with Crippen LogP contribution in [0.1, 0.15) is 39.2 Å². The molecule has 0 aliphatic rings. The first-order valence-electron chi connectivity index (χ1n) is 6.55. The molecule has 6 heteroatoms. The maximum absolute atomic E-state index is 13.0. The van der Waals surface area contributed by atoms with Crippen molar-refractivity contribution in [2.75, 3.05) is 0 Å². The summed E-state index contributed by atoms with van der Waals surface area (Å²) >= 11 is 0. The standard InChI is InChI=1S/C10H11FO2.C5H11NO2/c11-9-6-2-1-4-8(9)5-3-7-10(12)13;1-5(2,3)8-4(6)7/h1-2,4,6H,3,5,7H2,(H,12,13);1-3H3,(H2,6,7). The quantitative estimate of drug-likeness (QED) is 0.893. The van der Waals surface area contributed by atoms with Gasteiger partial charge in [0.15, 0.2) is 0 Å². The number of hydrogen-bond acceptors (Lipinski definition) is 3. The lowest BCUT2D eigenvalue weighted by atomic mass is 10.1. The third kappa shape index (κ3) is 11.4. The zero-order valence-corrected chi connectivity index (χ0v) is 12.6. The Labute approximate surface area is 123 Å². The molecule has 0 fully saturated rings. The number of hydrogen-bond donors (Lipinski definition) is 2. The molecule has 21 heavy (non-hydrogen) atoms. The van der Waals surface area contributed by atoms with E-state index in [1.807, 2.05) is 0 Å². The van der Waals surface area contributed by atoms with E-state index in [1.54, 1.807) is 39.0 Å². The number of aryl methyl sites for hydroxylation is 1. The largest absolute Gasteiger partial charge is 0.481 e. The normalized spacial score (nSPS) is 10.3. The fourth-order valence-electron chi connectivity index (χ4n) is 1.43. The summed E-state index contributed by atoms with van der Waals surface area (Å²) in [6, 6.07) is 6.43. The van der Waals surface area contributed by atoms with E-state index in [0.29, 0.717) is 18.4 Å². The lowest BCUT2D eigenvalue weighted by Crippen LogP contribution is -2.27. The lowest BCUT2D eigenvalue weighted by Gasteiger charge is -2.16. The van der Waals surface area contributed by atoms with Gasteiger partial charge in [0.25, 0.3) is 0 Å². The van der Waals surface area contributed by atoms with E-state index in [0.717, 1.165) is 0 Å². The number of rotatable bonds is 4. The number of ether oxygens (including phenoxy) is 1. The van der Waals surface area contributed by atoms with Gasteiger partial charge in [-0.1, -0.05) is 18.2 Å². The van der Waals surface area contributed by atoms with Gasteiger partial charge in [0.2, 0.25) is 0 Å². The Morgan fingerprint density at radius 1 is 1.29 bits per heavy atom. The van der Waals surface area contributed by atoms with Crippen molar-refractivity contribution in [1.82, 2.24) is 0 Å². The molecule has 0 bridgehead atoms. The molecule has 1 rings (SSSR count). The van der Waals surface area contributed by atoms with E-state index in [2.05, 4.69) is 4.74 Å². The minimum absolute atomic E-state index is 0.0916. The van der Waals surface area contributed by atoms with Crippen LogP contribution < -0.4 is 5.73 Å². The fraction of sp³-hybridized carbons (Fsp3) is 0.467. The summed E-state index contributed by atoms with van der Waals surface area (Å²) in [6.45, 7) is 5.28. The van der Waals surface area contributed by atoms with Crippen LogP contribution in [0.2, 0.25) is 0 Å². The van der Waals surface area contributed by atoms with Gasteiger partial charge in [0.05, 0.1) is 0 Å². The molecule has 0 saturated heterocycles. The second-order valence-corrected chi connectivity index (χ2v) is 5.37. The highest BCUT2D eigenvalue weighted by Crippen LogP contribution is 2.09. The summed E-state index contributed by atoms with van der Waals surface area (Å²) in [6.07, 6.45) is 0.335. The van der Waals surface area contributed by atoms with Crippen LogP contribution in [0.25, 0.3) is 0 Å². The van der Waals surface area contributed by atoms with Gasteiger partial charge in [-0.15, -0.1) is 0 Å². The number of carbonyl (C=O) groups is 2. The van der Waals surface area contributed by atoms with Gasteiger partial charge in [-0.2, -0.15) is 0 Å². The van der Waals surface area contributed by atoms with Crippen LogP contribution in [0.5, 0.6) is 0 Å². The molecule has 0 aromatic heterocycles. The molecular weight excluding hydrogens is 277 g/mol. The van der Waals surface area contributed by atoms with Crippen molar-refractivity contribution < 1.29 is 23.8 Å². The number of benzene rings is 1. The van der Waals surface area contributed by atoms with Crippen LogP contribution >= 0.6 is 0 Å². The fourth-order valence-corrected chi connectivity index (χ4v) is 1.43. The summed E-state index contributed by atoms with van der Waals surface area (Å²) in [5, 5.41) is 8.37. The van der Waals surface area contributed by atoms with E-state index in [9.17, 15) is 14.0 Å². The minimum atomic E-state index is -0.837. The summed E-state index contributed by atoms with van der Waals surface area (Å²) in [7, 11) is 0. The van der Waals surface area contributed by atoms with Crippen molar-refractivity contribution in [3.05, 3.63) is 35.6 Å². The van der Waals surface area contributed by atoms with Gasteiger partial charge in [-0.05, 0) is 45.2 Å². The predicted octanol–water partition coefficient (Wildman–Crippen LogP) is 3.11. The maximum atomic E-state index is 13.0. The van der Waals surface area contributed by atoms with Crippen molar-refractivity contribution in [3.8, 4) is 0 Å². The van der Waals surface area contributed by atoms with Crippen LogP contribution in [0, 0.1) is 5.82 Å². The van der Waals surface area contributed by atoms with Gasteiger partial charge in [0.1, 0.15) is 11.4 Å². The highest BCUT2D eigenvalue weighted by molar-refractivity contribution is 5.66. The van der Waals surface area contributed by atoms with Gasteiger partial charge < -0.3 is 15.6 Å². The molecule has 0 saturated carbocycles. The van der Waals surface area contributed by atoms with Crippen molar-refractivity contribution in [1.29, 1.82) is 0 Å².